The molecule has 2 amide bonds. The third-order valence-electron chi connectivity index (χ3n) is 4.44. The van der Waals surface area contributed by atoms with Crippen molar-refractivity contribution >= 4 is 23.6 Å². The van der Waals surface area contributed by atoms with Gasteiger partial charge in [0.15, 0.2) is 0 Å². The average molecular weight is 399 g/mol. The van der Waals surface area contributed by atoms with Gasteiger partial charge in [0.1, 0.15) is 6.04 Å². The number of thioether (sulfide) groups is 1. The maximum Gasteiger partial charge on any atom is 0.242 e. The van der Waals surface area contributed by atoms with Crippen molar-refractivity contribution in [3.05, 3.63) is 66.2 Å². The predicted molar refractivity (Wildman–Crippen MR) is 116 cm³/mol. The summed E-state index contributed by atoms with van der Waals surface area (Å²) in [4.78, 5) is 28.3. The molecule has 4 nitrogen and oxygen atoms in total. The summed E-state index contributed by atoms with van der Waals surface area (Å²) >= 11 is 1.50. The number of nitrogens with zero attached hydrogens (tertiary/aromatic N) is 1. The number of rotatable bonds is 10. The third-order valence-corrected chi connectivity index (χ3v) is 5.44. The van der Waals surface area contributed by atoms with Gasteiger partial charge < -0.3 is 10.2 Å². The van der Waals surface area contributed by atoms with Crippen LogP contribution in [0.5, 0.6) is 0 Å². The molecule has 0 saturated carbocycles. The molecule has 0 saturated heterocycles. The Balaban J connectivity index is 2.03. The third kappa shape index (κ3) is 7.39. The number of nitrogens with one attached hydrogen (secondary N) is 1. The molecule has 1 atom stereocenters. The van der Waals surface area contributed by atoms with Crippen molar-refractivity contribution in [2.45, 2.75) is 38.1 Å². The molecule has 2 aromatic carbocycles. The maximum atomic E-state index is 12.9. The van der Waals surface area contributed by atoms with Crippen LogP contribution in [0.1, 0.15) is 26.3 Å². The summed E-state index contributed by atoms with van der Waals surface area (Å²) in [5.41, 5.74) is 1.16. The van der Waals surface area contributed by atoms with Crippen molar-refractivity contribution in [2.24, 2.45) is 5.92 Å². The van der Waals surface area contributed by atoms with E-state index in [4.69, 9.17) is 0 Å². The van der Waals surface area contributed by atoms with Gasteiger partial charge in [-0.1, -0.05) is 62.4 Å². The SMILES string of the molecule is CC(C)CNC(=O)[C@@H](C)N(CCc1ccccc1)C(=O)CSc1ccccc1. The Hall–Kier alpha value is -2.27. The molecule has 0 radical (unpaired) electrons. The lowest BCUT2D eigenvalue weighted by molar-refractivity contribution is -0.138. The Bertz CT molecular complexity index is 735. The van der Waals surface area contributed by atoms with Crippen LogP contribution in [0.3, 0.4) is 0 Å². The Morgan fingerprint density at radius 3 is 2.18 bits per heavy atom. The van der Waals surface area contributed by atoms with Gasteiger partial charge in [0, 0.05) is 18.0 Å². The van der Waals surface area contributed by atoms with E-state index in [0.717, 1.165) is 16.9 Å². The van der Waals surface area contributed by atoms with Gasteiger partial charge in [-0.2, -0.15) is 0 Å². The quantitative estimate of drug-likeness (QED) is 0.615. The molecule has 0 aromatic heterocycles. The Morgan fingerprint density at radius 1 is 0.964 bits per heavy atom. The standard InChI is InChI=1S/C23H30N2O2S/c1-18(2)16-24-23(27)19(3)25(15-14-20-10-6-4-7-11-20)22(26)17-28-21-12-8-5-9-13-21/h4-13,18-19H,14-17H2,1-3H3,(H,24,27)/t19-/m1/s1. The Labute approximate surface area is 172 Å². The van der Waals surface area contributed by atoms with E-state index in [9.17, 15) is 9.59 Å². The number of benzene rings is 2. The highest BCUT2D eigenvalue weighted by Crippen LogP contribution is 2.18. The minimum absolute atomic E-state index is 0.0167. The van der Waals surface area contributed by atoms with Gasteiger partial charge in [0.05, 0.1) is 5.75 Å². The van der Waals surface area contributed by atoms with Crippen LogP contribution in [0, 0.1) is 5.92 Å². The number of amides is 2. The Morgan fingerprint density at radius 2 is 1.57 bits per heavy atom. The number of hydrogen-bond donors (Lipinski definition) is 1. The lowest BCUT2D eigenvalue weighted by atomic mass is 10.1. The molecule has 28 heavy (non-hydrogen) atoms. The summed E-state index contributed by atoms with van der Waals surface area (Å²) < 4.78 is 0. The van der Waals surface area contributed by atoms with Crippen molar-refractivity contribution in [1.82, 2.24) is 10.2 Å². The van der Waals surface area contributed by atoms with Crippen molar-refractivity contribution in [1.29, 1.82) is 0 Å². The smallest absolute Gasteiger partial charge is 0.242 e. The largest absolute Gasteiger partial charge is 0.354 e. The molecule has 0 bridgehead atoms. The molecule has 0 spiro atoms. The molecular formula is C23H30N2O2S. The molecule has 0 heterocycles. The first-order chi connectivity index (χ1) is 13.5. The van der Waals surface area contributed by atoms with Gasteiger partial charge in [-0.3, -0.25) is 9.59 Å². The van der Waals surface area contributed by atoms with E-state index in [1.54, 1.807) is 4.90 Å². The lowest BCUT2D eigenvalue weighted by Gasteiger charge is -2.29. The van der Waals surface area contributed by atoms with E-state index in [2.05, 4.69) is 19.2 Å². The second-order valence-corrected chi connectivity index (χ2v) is 8.29. The fourth-order valence-electron chi connectivity index (χ4n) is 2.77. The zero-order valence-corrected chi connectivity index (χ0v) is 17.7. The van der Waals surface area contributed by atoms with Gasteiger partial charge in [-0.25, -0.2) is 0 Å². The minimum Gasteiger partial charge on any atom is -0.354 e. The van der Waals surface area contributed by atoms with Crippen LogP contribution < -0.4 is 5.32 Å². The predicted octanol–water partition coefficient (Wildman–Crippen LogP) is 4.01. The molecule has 5 heteroatoms. The molecular weight excluding hydrogens is 368 g/mol. The average Bonchev–Trinajstić information content (AvgIpc) is 2.72. The zero-order chi connectivity index (χ0) is 20.4. The van der Waals surface area contributed by atoms with Crippen LogP contribution in [0.2, 0.25) is 0 Å². The number of hydrogen-bond acceptors (Lipinski definition) is 3. The minimum atomic E-state index is -0.494. The molecule has 0 unspecified atom stereocenters. The van der Waals surface area contributed by atoms with E-state index in [1.165, 1.54) is 11.8 Å². The fraction of sp³-hybridized carbons (Fsp3) is 0.391. The maximum absolute atomic E-state index is 12.9. The van der Waals surface area contributed by atoms with Gasteiger partial charge in [0.25, 0.3) is 0 Å². The van der Waals surface area contributed by atoms with Crippen molar-refractivity contribution < 1.29 is 9.59 Å². The topological polar surface area (TPSA) is 49.4 Å². The summed E-state index contributed by atoms with van der Waals surface area (Å²) in [5.74, 6) is 0.579. The van der Waals surface area contributed by atoms with Gasteiger partial charge >= 0.3 is 0 Å². The van der Waals surface area contributed by atoms with E-state index >= 15 is 0 Å². The summed E-state index contributed by atoms with van der Waals surface area (Å²) in [6.07, 6.45) is 0.727. The molecule has 0 aliphatic carbocycles. The van der Waals surface area contributed by atoms with Crippen LogP contribution in [-0.4, -0.2) is 41.6 Å². The van der Waals surface area contributed by atoms with Gasteiger partial charge in [-0.05, 0) is 37.0 Å². The molecule has 150 valence electrons. The first-order valence-electron chi connectivity index (χ1n) is 9.76. The van der Waals surface area contributed by atoms with Crippen LogP contribution in [0.15, 0.2) is 65.6 Å². The van der Waals surface area contributed by atoms with Crippen LogP contribution in [-0.2, 0) is 16.0 Å². The molecule has 0 aliphatic rings. The summed E-state index contributed by atoms with van der Waals surface area (Å²) in [5, 5.41) is 2.95. The molecule has 1 N–H and O–H groups in total. The zero-order valence-electron chi connectivity index (χ0n) is 16.9. The van der Waals surface area contributed by atoms with Gasteiger partial charge in [0.2, 0.25) is 11.8 Å². The van der Waals surface area contributed by atoms with Gasteiger partial charge in [-0.15, -0.1) is 11.8 Å². The highest BCUT2D eigenvalue weighted by atomic mass is 32.2. The van der Waals surface area contributed by atoms with E-state index < -0.39 is 6.04 Å². The van der Waals surface area contributed by atoms with E-state index in [1.807, 2.05) is 67.6 Å². The Kier molecular flexibility index (Phi) is 9.08. The molecule has 0 fully saturated rings. The van der Waals surface area contributed by atoms with Crippen LogP contribution in [0.4, 0.5) is 0 Å². The second kappa shape index (κ2) is 11.5. The fourth-order valence-corrected chi connectivity index (χ4v) is 3.57. The normalized spacial score (nSPS) is 11.9. The highest BCUT2D eigenvalue weighted by Gasteiger charge is 2.25. The number of carbonyl (C=O) groups excluding carboxylic acids is 2. The van der Waals surface area contributed by atoms with Crippen molar-refractivity contribution in [3.63, 3.8) is 0 Å². The van der Waals surface area contributed by atoms with E-state index in [-0.39, 0.29) is 11.8 Å². The summed E-state index contributed by atoms with van der Waals surface area (Å²) in [7, 11) is 0. The summed E-state index contributed by atoms with van der Waals surface area (Å²) in [6.45, 7) is 7.06. The van der Waals surface area contributed by atoms with Crippen molar-refractivity contribution in [2.75, 3.05) is 18.8 Å². The monoisotopic (exact) mass is 398 g/mol. The molecule has 0 aliphatic heterocycles. The molecule has 2 aromatic rings. The number of carbonyl (C=O) groups is 2. The second-order valence-electron chi connectivity index (χ2n) is 7.24. The lowest BCUT2D eigenvalue weighted by Crippen LogP contribution is -2.50. The first-order valence-corrected chi connectivity index (χ1v) is 10.7. The molecule has 2 rings (SSSR count). The first kappa shape index (κ1) is 22.0. The highest BCUT2D eigenvalue weighted by molar-refractivity contribution is 8.00. The van der Waals surface area contributed by atoms with Crippen LogP contribution in [0.25, 0.3) is 0 Å². The van der Waals surface area contributed by atoms with Crippen molar-refractivity contribution in [3.8, 4) is 0 Å². The summed E-state index contributed by atoms with van der Waals surface area (Å²) in [6, 6.07) is 19.4. The van der Waals surface area contributed by atoms with E-state index in [0.29, 0.717) is 24.8 Å². The van der Waals surface area contributed by atoms with Crippen LogP contribution >= 0.6 is 11.8 Å².